The summed E-state index contributed by atoms with van der Waals surface area (Å²) in [6.07, 6.45) is 4.45. The first-order valence-electron chi connectivity index (χ1n) is 19.1. The number of hydrogen-bond donors (Lipinski definition) is 1. The molecule has 7 nitrogen and oxygen atoms in total. The number of rotatable bonds is 16. The number of urea groups is 1. The Labute approximate surface area is 319 Å². The number of aryl methyl sites for hydroxylation is 3. The van der Waals surface area contributed by atoms with Crippen LogP contribution in [0.5, 0.6) is 5.75 Å². The zero-order chi connectivity index (χ0) is 37.7. The number of carbonyl (C=O) groups is 3. The maximum absolute atomic E-state index is 14.3. The van der Waals surface area contributed by atoms with E-state index >= 15 is 0 Å². The summed E-state index contributed by atoms with van der Waals surface area (Å²) < 4.78 is 11.8. The van der Waals surface area contributed by atoms with Crippen LogP contribution in [0.2, 0.25) is 0 Å². The van der Waals surface area contributed by atoms with Crippen LogP contribution in [0.4, 0.5) is 4.79 Å². The molecule has 0 radical (unpaired) electrons. The molecule has 0 aromatic heterocycles. The van der Waals surface area contributed by atoms with Crippen LogP contribution in [0.25, 0.3) is 11.1 Å². The van der Waals surface area contributed by atoms with E-state index in [4.69, 9.17) is 9.47 Å². The molecular formula is C47H50N2O5. The molecular weight excluding hydrogens is 673 g/mol. The predicted molar refractivity (Wildman–Crippen MR) is 213 cm³/mol. The average Bonchev–Trinajstić information content (AvgIpc) is 3.67. The molecule has 7 heteroatoms. The highest BCUT2D eigenvalue weighted by Crippen LogP contribution is 2.27. The highest BCUT2D eigenvalue weighted by Gasteiger charge is 2.30. The minimum Gasteiger partial charge on any atom is -0.461 e. The van der Waals surface area contributed by atoms with Crippen molar-refractivity contribution in [3.05, 3.63) is 161 Å². The smallest absolute Gasteiger partial charge is 0.334 e. The van der Waals surface area contributed by atoms with Gasteiger partial charge in [0.15, 0.2) is 0 Å². The van der Waals surface area contributed by atoms with Crippen molar-refractivity contribution in [1.29, 1.82) is 0 Å². The number of carbonyl (C=O) groups excluding carboxylic acids is 3. The Morgan fingerprint density at radius 1 is 0.667 bits per heavy atom. The van der Waals surface area contributed by atoms with E-state index in [0.29, 0.717) is 25.1 Å². The lowest BCUT2D eigenvalue weighted by Gasteiger charge is -2.30. The number of nitrogens with one attached hydrogen (secondary N) is 1. The lowest BCUT2D eigenvalue weighted by molar-refractivity contribution is -0.150. The molecule has 54 heavy (non-hydrogen) atoms. The Kier molecular flexibility index (Phi) is 13.3. The molecule has 0 saturated carbocycles. The number of benzene rings is 5. The van der Waals surface area contributed by atoms with E-state index < -0.39 is 24.0 Å². The summed E-state index contributed by atoms with van der Waals surface area (Å²) in [6.45, 7) is 4.74. The van der Waals surface area contributed by atoms with Gasteiger partial charge < -0.3 is 19.7 Å². The molecule has 5 aromatic rings. The molecule has 2 atom stereocenters. The summed E-state index contributed by atoms with van der Waals surface area (Å²) in [5.41, 5.74) is 7.51. The molecule has 0 fully saturated rings. The normalized spacial score (nSPS) is 13.1. The van der Waals surface area contributed by atoms with E-state index in [1.807, 2.05) is 135 Å². The molecule has 0 bridgehead atoms. The number of fused-ring (bicyclic) bond motifs is 1. The number of nitrogens with zero attached hydrogens (tertiary/aromatic N) is 1. The van der Waals surface area contributed by atoms with Crippen molar-refractivity contribution < 1.29 is 23.9 Å². The van der Waals surface area contributed by atoms with Gasteiger partial charge in [-0.15, -0.1) is 0 Å². The summed E-state index contributed by atoms with van der Waals surface area (Å²) in [5, 5.41) is 3.03. The molecule has 6 rings (SSSR count). The third-order valence-corrected chi connectivity index (χ3v) is 9.87. The van der Waals surface area contributed by atoms with Gasteiger partial charge in [0.2, 0.25) is 0 Å². The first-order valence-corrected chi connectivity index (χ1v) is 19.1. The van der Waals surface area contributed by atoms with Gasteiger partial charge in [0, 0.05) is 19.5 Å². The fourth-order valence-corrected chi connectivity index (χ4v) is 7.00. The standard InChI is InChI=1S/C47H50N2O5/c1-34(2)31-49(32-42(26-21-35-13-6-3-7-14-35)45(50)53-33-37-15-8-4-9-16-37)47(52)48-44(46(51)54-43-28-27-39-19-12-20-41(39)30-43)29-36-22-24-40(25-23-36)38-17-10-5-11-18-38/h3-11,13-18,22-25,27-28,30,34,42,44H,12,19-21,26,29,31-33H2,1-2H3,(H,48,52)/t42?,44-/m0/s1. The summed E-state index contributed by atoms with van der Waals surface area (Å²) in [7, 11) is 0. The van der Waals surface area contributed by atoms with Gasteiger partial charge in [0.05, 0.1) is 5.92 Å². The second kappa shape index (κ2) is 18.9. The van der Waals surface area contributed by atoms with E-state index in [0.717, 1.165) is 47.1 Å². The van der Waals surface area contributed by atoms with Crippen molar-refractivity contribution in [1.82, 2.24) is 10.2 Å². The number of hydrogen-bond acceptors (Lipinski definition) is 5. The fraction of sp³-hybridized carbons (Fsp3) is 0.298. The highest BCUT2D eigenvalue weighted by molar-refractivity contribution is 5.85. The lowest BCUT2D eigenvalue weighted by Crippen LogP contribution is -2.52. The van der Waals surface area contributed by atoms with Crippen molar-refractivity contribution in [2.45, 2.75) is 65.0 Å². The zero-order valence-corrected chi connectivity index (χ0v) is 31.3. The minimum atomic E-state index is -0.976. The Morgan fingerprint density at radius 3 is 1.98 bits per heavy atom. The number of ether oxygens (including phenoxy) is 2. The van der Waals surface area contributed by atoms with E-state index in [1.54, 1.807) is 4.90 Å². The van der Waals surface area contributed by atoms with Gasteiger partial charge in [-0.25, -0.2) is 9.59 Å². The van der Waals surface area contributed by atoms with E-state index in [1.165, 1.54) is 11.1 Å². The highest BCUT2D eigenvalue weighted by atomic mass is 16.5. The Bertz CT molecular complexity index is 1960. The quantitative estimate of drug-likeness (QED) is 0.0812. The van der Waals surface area contributed by atoms with Crippen LogP contribution < -0.4 is 10.1 Å². The number of amides is 2. The van der Waals surface area contributed by atoms with Crippen molar-refractivity contribution >= 4 is 18.0 Å². The Morgan fingerprint density at radius 2 is 1.30 bits per heavy atom. The molecule has 0 aliphatic heterocycles. The summed E-state index contributed by atoms with van der Waals surface area (Å²) in [6, 6.07) is 42.1. The molecule has 1 aliphatic carbocycles. The first kappa shape index (κ1) is 38.0. The Hall–Kier alpha value is -5.69. The predicted octanol–water partition coefficient (Wildman–Crippen LogP) is 9.02. The third-order valence-electron chi connectivity index (χ3n) is 9.87. The molecule has 0 heterocycles. The van der Waals surface area contributed by atoms with Crippen LogP contribution in [0.3, 0.4) is 0 Å². The summed E-state index contributed by atoms with van der Waals surface area (Å²) in [5.74, 6) is -0.905. The van der Waals surface area contributed by atoms with Crippen LogP contribution in [-0.2, 0) is 46.6 Å². The second-order valence-electron chi connectivity index (χ2n) is 14.6. The van der Waals surface area contributed by atoms with E-state index in [9.17, 15) is 14.4 Å². The molecule has 0 saturated heterocycles. The zero-order valence-electron chi connectivity index (χ0n) is 31.3. The van der Waals surface area contributed by atoms with Crippen molar-refractivity contribution in [3.8, 4) is 16.9 Å². The monoisotopic (exact) mass is 722 g/mol. The van der Waals surface area contributed by atoms with Gasteiger partial charge in [0.25, 0.3) is 0 Å². The maximum Gasteiger partial charge on any atom is 0.334 e. The average molecular weight is 723 g/mol. The molecule has 1 N–H and O–H groups in total. The van der Waals surface area contributed by atoms with Crippen molar-refractivity contribution in [2.75, 3.05) is 13.1 Å². The Balaban J connectivity index is 1.21. The van der Waals surface area contributed by atoms with Gasteiger partial charge in [0.1, 0.15) is 18.4 Å². The lowest BCUT2D eigenvalue weighted by atomic mass is 9.98. The first-order chi connectivity index (χ1) is 26.3. The van der Waals surface area contributed by atoms with Gasteiger partial charge in [-0.05, 0) is 89.1 Å². The van der Waals surface area contributed by atoms with E-state index in [2.05, 4.69) is 17.4 Å². The van der Waals surface area contributed by atoms with Crippen molar-refractivity contribution in [2.24, 2.45) is 11.8 Å². The van der Waals surface area contributed by atoms with Crippen LogP contribution >= 0.6 is 0 Å². The van der Waals surface area contributed by atoms with Crippen LogP contribution in [0, 0.1) is 11.8 Å². The maximum atomic E-state index is 14.3. The van der Waals surface area contributed by atoms with Crippen LogP contribution in [-0.4, -0.2) is 42.0 Å². The second-order valence-corrected chi connectivity index (χ2v) is 14.6. The van der Waals surface area contributed by atoms with Gasteiger partial charge in [-0.1, -0.05) is 135 Å². The van der Waals surface area contributed by atoms with Gasteiger partial charge >= 0.3 is 18.0 Å². The molecule has 5 aromatic carbocycles. The largest absolute Gasteiger partial charge is 0.461 e. The molecule has 2 amide bonds. The molecule has 278 valence electrons. The van der Waals surface area contributed by atoms with Crippen LogP contribution in [0.15, 0.2) is 133 Å². The molecule has 1 unspecified atom stereocenters. The van der Waals surface area contributed by atoms with Gasteiger partial charge in [-0.3, -0.25) is 4.79 Å². The van der Waals surface area contributed by atoms with Crippen molar-refractivity contribution in [3.63, 3.8) is 0 Å². The third kappa shape index (κ3) is 10.9. The molecule has 1 aliphatic rings. The SMILES string of the molecule is CC(C)CN(CC(CCc1ccccc1)C(=O)OCc1ccccc1)C(=O)N[C@@H](Cc1ccc(-c2ccccc2)cc1)C(=O)Oc1ccc2c(c1)CCC2. The minimum absolute atomic E-state index is 0.105. The molecule has 0 spiro atoms. The summed E-state index contributed by atoms with van der Waals surface area (Å²) >= 11 is 0. The topological polar surface area (TPSA) is 84.9 Å². The number of esters is 2. The fourth-order valence-electron chi connectivity index (χ4n) is 7.00. The van der Waals surface area contributed by atoms with Gasteiger partial charge in [-0.2, -0.15) is 0 Å². The van der Waals surface area contributed by atoms with Crippen LogP contribution in [0.1, 0.15) is 54.5 Å². The summed E-state index contributed by atoms with van der Waals surface area (Å²) in [4.78, 5) is 43.6. The van der Waals surface area contributed by atoms with E-state index in [-0.39, 0.29) is 31.5 Å².